The van der Waals surface area contributed by atoms with E-state index in [9.17, 15) is 31.2 Å². The summed E-state index contributed by atoms with van der Waals surface area (Å²) >= 11 is 5.57. The number of carbonyl (C=O) groups is 2. The maximum Gasteiger partial charge on any atom is 0.417 e. The molecule has 0 atom stereocenters. The maximum absolute atomic E-state index is 13.0. The van der Waals surface area contributed by atoms with Crippen molar-refractivity contribution in [3.63, 3.8) is 0 Å². The van der Waals surface area contributed by atoms with Crippen molar-refractivity contribution in [2.24, 2.45) is 0 Å². The molecule has 0 unspecified atom stereocenters. The van der Waals surface area contributed by atoms with E-state index in [1.54, 1.807) is 49.4 Å². The van der Waals surface area contributed by atoms with Crippen LogP contribution < -0.4 is 20.7 Å². The third kappa shape index (κ3) is 7.86. The standard InChI is InChI=1S/C24H22ClF3N4O4S/c1-15-4-2-3-5-21(15)37(35,36)32-22(33)29-13-12-16-6-8-17(9-7-16)30-23(34)31-18-10-11-20(25)19(14-18)24(26,27)28/h2-11,14H,12-13H2,1H3,(H2,29,32,33)(H2,30,31,34). The molecule has 37 heavy (non-hydrogen) atoms. The van der Waals surface area contributed by atoms with E-state index in [-0.39, 0.29) is 17.1 Å². The fourth-order valence-electron chi connectivity index (χ4n) is 3.26. The molecule has 0 saturated carbocycles. The van der Waals surface area contributed by atoms with Gasteiger partial charge in [-0.2, -0.15) is 13.2 Å². The Morgan fingerprint density at radius 2 is 1.51 bits per heavy atom. The van der Waals surface area contributed by atoms with E-state index in [0.717, 1.165) is 17.7 Å². The first-order chi connectivity index (χ1) is 17.3. The van der Waals surface area contributed by atoms with Crippen molar-refractivity contribution in [3.8, 4) is 0 Å². The van der Waals surface area contributed by atoms with Crippen molar-refractivity contribution in [2.75, 3.05) is 17.2 Å². The Hall–Kier alpha value is -3.77. The van der Waals surface area contributed by atoms with Crippen LogP contribution in [0.3, 0.4) is 0 Å². The van der Waals surface area contributed by atoms with E-state index >= 15 is 0 Å². The first-order valence-corrected chi connectivity index (χ1v) is 12.6. The van der Waals surface area contributed by atoms with Gasteiger partial charge in [0.2, 0.25) is 0 Å². The summed E-state index contributed by atoms with van der Waals surface area (Å²) in [5.41, 5.74) is 0.511. The second kappa shape index (κ2) is 11.5. The minimum Gasteiger partial charge on any atom is -0.337 e. The number of sulfonamides is 1. The number of alkyl halides is 3. The molecule has 0 fully saturated rings. The molecule has 0 aliphatic carbocycles. The van der Waals surface area contributed by atoms with Gasteiger partial charge in [0.05, 0.1) is 15.5 Å². The van der Waals surface area contributed by atoms with Crippen molar-refractivity contribution in [3.05, 3.63) is 88.4 Å². The molecule has 0 aromatic heterocycles. The fourth-order valence-corrected chi connectivity index (χ4v) is 4.66. The van der Waals surface area contributed by atoms with Crippen LogP contribution >= 0.6 is 11.6 Å². The van der Waals surface area contributed by atoms with Crippen LogP contribution in [0, 0.1) is 6.92 Å². The quantitative estimate of drug-likeness (QED) is 0.307. The highest BCUT2D eigenvalue weighted by atomic mass is 35.5. The van der Waals surface area contributed by atoms with Crippen LogP contribution in [-0.2, 0) is 22.6 Å². The molecule has 13 heteroatoms. The number of hydrogen-bond acceptors (Lipinski definition) is 4. The van der Waals surface area contributed by atoms with Crippen molar-refractivity contribution in [1.29, 1.82) is 0 Å². The van der Waals surface area contributed by atoms with Gasteiger partial charge >= 0.3 is 18.2 Å². The van der Waals surface area contributed by atoms with Crippen LogP contribution in [0.4, 0.5) is 34.1 Å². The Labute approximate surface area is 216 Å². The van der Waals surface area contributed by atoms with E-state index in [4.69, 9.17) is 11.6 Å². The molecule has 0 heterocycles. The second-order valence-corrected chi connectivity index (χ2v) is 9.90. The average molecular weight is 555 g/mol. The lowest BCUT2D eigenvalue weighted by Crippen LogP contribution is -2.40. The number of rotatable bonds is 7. The number of urea groups is 2. The smallest absolute Gasteiger partial charge is 0.337 e. The third-order valence-corrected chi connectivity index (χ3v) is 6.87. The second-order valence-electron chi connectivity index (χ2n) is 7.85. The van der Waals surface area contributed by atoms with Gasteiger partial charge in [0.1, 0.15) is 0 Å². The first kappa shape index (κ1) is 27.8. The summed E-state index contributed by atoms with van der Waals surface area (Å²) in [6, 6.07) is 14.2. The average Bonchev–Trinajstić information content (AvgIpc) is 2.80. The highest BCUT2D eigenvalue weighted by Gasteiger charge is 2.33. The number of amides is 4. The highest BCUT2D eigenvalue weighted by molar-refractivity contribution is 7.90. The Bertz CT molecular complexity index is 1400. The Morgan fingerprint density at radius 3 is 2.16 bits per heavy atom. The van der Waals surface area contributed by atoms with Gasteiger partial charge in [-0.1, -0.05) is 41.9 Å². The maximum atomic E-state index is 13.0. The van der Waals surface area contributed by atoms with E-state index in [1.807, 2.05) is 4.72 Å². The molecule has 196 valence electrons. The molecule has 0 aliphatic rings. The topological polar surface area (TPSA) is 116 Å². The molecule has 3 rings (SSSR count). The summed E-state index contributed by atoms with van der Waals surface area (Å²) in [6.07, 6.45) is -4.29. The number of hydrogen-bond donors (Lipinski definition) is 4. The van der Waals surface area contributed by atoms with Gasteiger partial charge in [-0.15, -0.1) is 0 Å². The minimum atomic E-state index is -4.66. The van der Waals surface area contributed by atoms with Crippen molar-refractivity contribution < 1.29 is 31.2 Å². The van der Waals surface area contributed by atoms with Gasteiger partial charge in [-0.25, -0.2) is 22.7 Å². The van der Waals surface area contributed by atoms with Crippen molar-refractivity contribution in [1.82, 2.24) is 10.0 Å². The molecule has 0 saturated heterocycles. The lowest BCUT2D eigenvalue weighted by atomic mass is 10.1. The Morgan fingerprint density at radius 1 is 0.892 bits per heavy atom. The van der Waals surface area contributed by atoms with E-state index in [2.05, 4.69) is 16.0 Å². The molecule has 8 nitrogen and oxygen atoms in total. The number of aryl methyl sites for hydroxylation is 1. The number of anilines is 2. The summed E-state index contributed by atoms with van der Waals surface area (Å²) in [5.74, 6) is 0. The zero-order valence-electron chi connectivity index (χ0n) is 19.3. The zero-order valence-corrected chi connectivity index (χ0v) is 20.9. The lowest BCUT2D eigenvalue weighted by Gasteiger charge is -2.12. The number of halogens is 4. The van der Waals surface area contributed by atoms with Crippen LogP contribution in [0.2, 0.25) is 5.02 Å². The summed E-state index contributed by atoms with van der Waals surface area (Å²) in [7, 11) is -4.01. The van der Waals surface area contributed by atoms with Gasteiger partial charge in [0.15, 0.2) is 0 Å². The molecule has 4 N–H and O–H groups in total. The summed E-state index contributed by atoms with van der Waals surface area (Å²) in [5, 5.41) is 6.81. The van der Waals surface area contributed by atoms with Crippen LogP contribution in [0.15, 0.2) is 71.6 Å². The van der Waals surface area contributed by atoms with Gasteiger partial charge in [0, 0.05) is 17.9 Å². The zero-order chi connectivity index (χ0) is 27.2. The predicted molar refractivity (Wildman–Crippen MR) is 134 cm³/mol. The molecule has 0 aliphatic heterocycles. The van der Waals surface area contributed by atoms with E-state index in [0.29, 0.717) is 17.7 Å². The summed E-state index contributed by atoms with van der Waals surface area (Å²) < 4.78 is 65.6. The predicted octanol–water partition coefficient (Wildman–Crippen LogP) is 5.54. The molecule has 0 radical (unpaired) electrons. The van der Waals surface area contributed by atoms with E-state index in [1.165, 1.54) is 12.1 Å². The minimum absolute atomic E-state index is 0.00845. The van der Waals surface area contributed by atoms with Gasteiger partial charge in [-0.05, 0) is 60.9 Å². The lowest BCUT2D eigenvalue weighted by molar-refractivity contribution is -0.137. The Kier molecular flexibility index (Phi) is 8.66. The molecular formula is C24H22ClF3N4O4S. The molecular weight excluding hydrogens is 533 g/mol. The van der Waals surface area contributed by atoms with Crippen molar-refractivity contribution >= 4 is 45.1 Å². The first-order valence-electron chi connectivity index (χ1n) is 10.7. The van der Waals surface area contributed by atoms with Gasteiger partial charge in [-0.3, -0.25) is 0 Å². The molecule has 3 aromatic carbocycles. The summed E-state index contributed by atoms with van der Waals surface area (Å²) in [6.45, 7) is 1.76. The third-order valence-electron chi connectivity index (χ3n) is 5.05. The van der Waals surface area contributed by atoms with Crippen LogP contribution in [0.25, 0.3) is 0 Å². The molecule has 0 bridgehead atoms. The van der Waals surface area contributed by atoms with Crippen molar-refractivity contribution in [2.45, 2.75) is 24.4 Å². The molecule has 4 amide bonds. The highest BCUT2D eigenvalue weighted by Crippen LogP contribution is 2.36. The van der Waals surface area contributed by atoms with E-state index < -0.39 is 38.8 Å². The number of carbonyl (C=O) groups excluding carboxylic acids is 2. The SMILES string of the molecule is Cc1ccccc1S(=O)(=O)NC(=O)NCCc1ccc(NC(=O)Nc2ccc(Cl)c(C(F)(F)F)c2)cc1. The van der Waals surface area contributed by atoms with Gasteiger partial charge < -0.3 is 16.0 Å². The monoisotopic (exact) mass is 554 g/mol. The van der Waals surface area contributed by atoms with Crippen LogP contribution in [0.1, 0.15) is 16.7 Å². The fraction of sp³-hybridized carbons (Fsp3) is 0.167. The summed E-state index contributed by atoms with van der Waals surface area (Å²) in [4.78, 5) is 24.2. The van der Waals surface area contributed by atoms with Crippen LogP contribution in [-0.4, -0.2) is 27.0 Å². The van der Waals surface area contributed by atoms with Gasteiger partial charge in [0.25, 0.3) is 10.0 Å². The largest absolute Gasteiger partial charge is 0.417 e. The molecule has 0 spiro atoms. The Balaban J connectivity index is 1.48. The number of benzene rings is 3. The number of nitrogens with one attached hydrogen (secondary N) is 4. The van der Waals surface area contributed by atoms with Crippen LogP contribution in [0.5, 0.6) is 0 Å². The molecule has 3 aromatic rings. The normalized spacial score (nSPS) is 11.5.